The zero-order valence-electron chi connectivity index (χ0n) is 15.5. The van der Waals surface area contributed by atoms with Gasteiger partial charge in [0.25, 0.3) is 0 Å². The Bertz CT molecular complexity index is 683. The predicted molar refractivity (Wildman–Crippen MR) is 98.9 cm³/mol. The van der Waals surface area contributed by atoms with Gasteiger partial charge in [-0.3, -0.25) is 4.98 Å². The summed E-state index contributed by atoms with van der Waals surface area (Å²) < 4.78 is 11.0. The monoisotopic (exact) mass is 341 g/mol. The number of carbonyl (C=O) groups excluding carboxylic acids is 1. The van der Waals surface area contributed by atoms with Crippen molar-refractivity contribution < 1.29 is 14.3 Å². The lowest BCUT2D eigenvalue weighted by molar-refractivity contribution is -0.151. The standard InChI is InChI=1S/C21H27NO3/c1-15(2)20-10-9-19(13-16(20)3)25-17(4)21(23)24-12-6-8-18-7-5-11-22-14-18/h5,7,9-11,13-15,17H,6,8,12H2,1-4H3. The number of nitrogens with zero attached hydrogens (tertiary/aromatic N) is 1. The van der Waals surface area contributed by atoms with Crippen LogP contribution in [0.4, 0.5) is 0 Å². The van der Waals surface area contributed by atoms with Crippen LogP contribution in [0.15, 0.2) is 42.7 Å². The minimum Gasteiger partial charge on any atom is -0.479 e. The molecule has 4 heteroatoms. The average molecular weight is 341 g/mol. The van der Waals surface area contributed by atoms with E-state index in [4.69, 9.17) is 9.47 Å². The molecule has 1 aromatic heterocycles. The first-order chi connectivity index (χ1) is 12.0. The topological polar surface area (TPSA) is 48.4 Å². The van der Waals surface area contributed by atoms with Gasteiger partial charge >= 0.3 is 5.97 Å². The van der Waals surface area contributed by atoms with E-state index in [2.05, 4.69) is 31.8 Å². The van der Waals surface area contributed by atoms with Crippen molar-refractivity contribution in [3.05, 3.63) is 59.4 Å². The van der Waals surface area contributed by atoms with E-state index in [0.29, 0.717) is 18.3 Å². The first kappa shape index (κ1) is 19.0. The summed E-state index contributed by atoms with van der Waals surface area (Å²) in [5.41, 5.74) is 3.60. The highest BCUT2D eigenvalue weighted by Crippen LogP contribution is 2.24. The van der Waals surface area contributed by atoms with E-state index >= 15 is 0 Å². The van der Waals surface area contributed by atoms with Crippen LogP contribution in [0.5, 0.6) is 5.75 Å². The lowest BCUT2D eigenvalue weighted by Gasteiger charge is -2.16. The van der Waals surface area contributed by atoms with Crippen LogP contribution in [0.25, 0.3) is 0 Å². The summed E-state index contributed by atoms with van der Waals surface area (Å²) in [5.74, 6) is 0.828. The fraction of sp³-hybridized carbons (Fsp3) is 0.429. The van der Waals surface area contributed by atoms with Gasteiger partial charge in [0.15, 0.2) is 6.10 Å². The van der Waals surface area contributed by atoms with Gasteiger partial charge < -0.3 is 9.47 Å². The SMILES string of the molecule is Cc1cc(OC(C)C(=O)OCCCc2cccnc2)ccc1C(C)C. The van der Waals surface area contributed by atoms with E-state index in [-0.39, 0.29) is 5.97 Å². The quantitative estimate of drug-likeness (QED) is 0.525. The molecule has 0 N–H and O–H groups in total. The third-order valence-electron chi connectivity index (χ3n) is 4.08. The zero-order valence-corrected chi connectivity index (χ0v) is 15.5. The highest BCUT2D eigenvalue weighted by atomic mass is 16.6. The van der Waals surface area contributed by atoms with Gasteiger partial charge in [-0.2, -0.15) is 0 Å². The van der Waals surface area contributed by atoms with Crippen LogP contribution in [-0.2, 0) is 16.0 Å². The Morgan fingerprint density at radius 1 is 1.20 bits per heavy atom. The molecule has 4 nitrogen and oxygen atoms in total. The molecule has 2 rings (SSSR count). The summed E-state index contributed by atoms with van der Waals surface area (Å²) in [4.78, 5) is 16.1. The molecule has 1 heterocycles. The molecule has 0 aliphatic rings. The number of esters is 1. The minimum atomic E-state index is -0.623. The maximum atomic E-state index is 12.1. The molecule has 0 aliphatic heterocycles. The van der Waals surface area contributed by atoms with Crippen LogP contribution >= 0.6 is 0 Å². The van der Waals surface area contributed by atoms with Crippen LogP contribution in [-0.4, -0.2) is 23.7 Å². The molecule has 1 atom stereocenters. The van der Waals surface area contributed by atoms with E-state index in [0.717, 1.165) is 18.4 Å². The van der Waals surface area contributed by atoms with Gasteiger partial charge in [0.1, 0.15) is 5.75 Å². The first-order valence-electron chi connectivity index (χ1n) is 8.80. The van der Waals surface area contributed by atoms with Gasteiger partial charge in [-0.25, -0.2) is 4.79 Å². The molecule has 0 saturated heterocycles. The Labute approximate surface area is 150 Å². The molecule has 0 radical (unpaired) electrons. The smallest absolute Gasteiger partial charge is 0.347 e. The highest BCUT2D eigenvalue weighted by Gasteiger charge is 2.16. The van der Waals surface area contributed by atoms with Crippen molar-refractivity contribution >= 4 is 5.97 Å². The van der Waals surface area contributed by atoms with Crippen LogP contribution in [0.3, 0.4) is 0 Å². The van der Waals surface area contributed by atoms with Gasteiger partial charge in [0.05, 0.1) is 6.61 Å². The Balaban J connectivity index is 1.77. The lowest BCUT2D eigenvalue weighted by Crippen LogP contribution is -2.26. The normalized spacial score (nSPS) is 12.0. The third kappa shape index (κ3) is 5.89. The van der Waals surface area contributed by atoms with E-state index in [1.54, 1.807) is 13.1 Å². The maximum Gasteiger partial charge on any atom is 0.347 e. The summed E-state index contributed by atoms with van der Waals surface area (Å²) in [6.45, 7) is 8.48. The molecule has 25 heavy (non-hydrogen) atoms. The molecule has 1 unspecified atom stereocenters. The van der Waals surface area contributed by atoms with E-state index in [1.165, 1.54) is 11.1 Å². The van der Waals surface area contributed by atoms with Gasteiger partial charge in [-0.1, -0.05) is 26.0 Å². The molecular weight excluding hydrogens is 314 g/mol. The van der Waals surface area contributed by atoms with Crippen LogP contribution in [0, 0.1) is 6.92 Å². The first-order valence-corrected chi connectivity index (χ1v) is 8.80. The maximum absolute atomic E-state index is 12.1. The Morgan fingerprint density at radius 2 is 2.00 bits per heavy atom. The van der Waals surface area contributed by atoms with Crippen LogP contribution < -0.4 is 4.74 Å². The van der Waals surface area contributed by atoms with Crippen molar-refractivity contribution in [1.82, 2.24) is 4.98 Å². The number of benzene rings is 1. The van der Waals surface area contributed by atoms with Crippen molar-refractivity contribution in [2.24, 2.45) is 0 Å². The number of aromatic nitrogens is 1. The molecule has 2 aromatic rings. The molecule has 0 aliphatic carbocycles. The van der Waals surface area contributed by atoms with Crippen LogP contribution in [0.1, 0.15) is 49.8 Å². The second kappa shape index (κ2) is 9.21. The van der Waals surface area contributed by atoms with Crippen molar-refractivity contribution in [3.8, 4) is 5.75 Å². The second-order valence-corrected chi connectivity index (χ2v) is 6.57. The average Bonchev–Trinajstić information content (AvgIpc) is 2.59. The van der Waals surface area contributed by atoms with Gasteiger partial charge in [0, 0.05) is 12.4 Å². The summed E-state index contributed by atoms with van der Waals surface area (Å²) in [7, 11) is 0. The predicted octanol–water partition coefficient (Wildman–Crippen LogP) is 4.46. The Kier molecular flexibility index (Phi) is 6.99. The van der Waals surface area contributed by atoms with Gasteiger partial charge in [0.2, 0.25) is 0 Å². The van der Waals surface area contributed by atoms with Gasteiger partial charge in [-0.15, -0.1) is 0 Å². The number of pyridine rings is 1. The fourth-order valence-electron chi connectivity index (χ4n) is 2.73. The van der Waals surface area contributed by atoms with E-state index in [9.17, 15) is 4.79 Å². The molecule has 0 amide bonds. The molecule has 0 bridgehead atoms. The summed E-state index contributed by atoms with van der Waals surface area (Å²) >= 11 is 0. The number of hydrogen-bond donors (Lipinski definition) is 0. The number of ether oxygens (including phenoxy) is 2. The van der Waals surface area contributed by atoms with E-state index in [1.807, 2.05) is 30.5 Å². The lowest BCUT2D eigenvalue weighted by atomic mass is 9.98. The van der Waals surface area contributed by atoms with Crippen LogP contribution in [0.2, 0.25) is 0 Å². The molecule has 1 aromatic carbocycles. The zero-order chi connectivity index (χ0) is 18.2. The Hall–Kier alpha value is -2.36. The number of aryl methyl sites for hydroxylation is 2. The largest absolute Gasteiger partial charge is 0.479 e. The molecule has 0 spiro atoms. The molecule has 0 fully saturated rings. The number of hydrogen-bond acceptors (Lipinski definition) is 4. The molecule has 0 saturated carbocycles. The summed E-state index contributed by atoms with van der Waals surface area (Å²) in [5, 5.41) is 0. The third-order valence-corrected chi connectivity index (χ3v) is 4.08. The van der Waals surface area contributed by atoms with Crippen molar-refractivity contribution in [1.29, 1.82) is 0 Å². The van der Waals surface area contributed by atoms with Crippen molar-refractivity contribution in [2.75, 3.05) is 6.61 Å². The molecular formula is C21H27NO3. The van der Waals surface area contributed by atoms with E-state index < -0.39 is 6.10 Å². The fourth-order valence-corrected chi connectivity index (χ4v) is 2.73. The number of rotatable bonds is 8. The van der Waals surface area contributed by atoms with Crippen molar-refractivity contribution in [3.63, 3.8) is 0 Å². The Morgan fingerprint density at radius 3 is 2.64 bits per heavy atom. The van der Waals surface area contributed by atoms with Gasteiger partial charge in [-0.05, 0) is 67.5 Å². The van der Waals surface area contributed by atoms with Crippen molar-refractivity contribution in [2.45, 2.75) is 52.6 Å². The molecule has 134 valence electrons. The number of carbonyl (C=O) groups is 1. The second-order valence-electron chi connectivity index (χ2n) is 6.57. The minimum absolute atomic E-state index is 0.336. The summed E-state index contributed by atoms with van der Waals surface area (Å²) in [6, 6.07) is 9.87. The summed E-state index contributed by atoms with van der Waals surface area (Å²) in [6.07, 6.45) is 4.57. The highest BCUT2D eigenvalue weighted by molar-refractivity contribution is 5.74.